The van der Waals surface area contributed by atoms with Gasteiger partial charge in [-0.2, -0.15) is 0 Å². The zero-order valence-corrected chi connectivity index (χ0v) is 16.6. The van der Waals surface area contributed by atoms with Gasteiger partial charge in [-0.05, 0) is 36.5 Å². The summed E-state index contributed by atoms with van der Waals surface area (Å²) in [4.78, 5) is 39.6. The van der Waals surface area contributed by atoms with Crippen LogP contribution < -0.4 is 5.32 Å². The van der Waals surface area contributed by atoms with Crippen molar-refractivity contribution in [3.63, 3.8) is 0 Å². The topological polar surface area (TPSA) is 88.3 Å². The van der Waals surface area contributed by atoms with Crippen LogP contribution >= 0.6 is 0 Å². The number of esters is 1. The molecule has 0 fully saturated rings. The molecule has 2 rings (SSSR count). The van der Waals surface area contributed by atoms with E-state index in [1.54, 1.807) is 6.92 Å². The molecule has 0 saturated heterocycles. The summed E-state index contributed by atoms with van der Waals surface area (Å²) in [6.07, 6.45) is -0.0651. The van der Waals surface area contributed by atoms with Crippen LogP contribution in [0.15, 0.2) is 18.2 Å². The molecule has 1 amide bonds. The van der Waals surface area contributed by atoms with E-state index in [9.17, 15) is 14.4 Å². The number of ketones is 1. The summed E-state index contributed by atoms with van der Waals surface area (Å²) < 4.78 is 4.82. The van der Waals surface area contributed by atoms with Crippen LogP contribution in [0.1, 0.15) is 69.9 Å². The molecule has 1 aromatic carbocycles. The van der Waals surface area contributed by atoms with Gasteiger partial charge in [0.2, 0.25) is 5.91 Å². The molecule has 0 saturated carbocycles. The molecule has 6 heteroatoms. The lowest BCUT2D eigenvalue weighted by molar-refractivity contribution is -0.115. The molecule has 0 radical (unpaired) electrons. The number of Topliss-reactive ketones (excluding diaryl/α,β-unsaturated/α-hetero) is 1. The van der Waals surface area contributed by atoms with Crippen molar-refractivity contribution in [2.24, 2.45) is 0 Å². The molecule has 2 aromatic rings. The smallest absolute Gasteiger partial charge is 0.339 e. The number of methoxy groups -OCH3 is 1. The highest BCUT2D eigenvalue weighted by Crippen LogP contribution is 2.28. The Bertz CT molecular complexity index is 894. The van der Waals surface area contributed by atoms with Crippen LogP contribution in [0.25, 0.3) is 0 Å². The Hall–Kier alpha value is -2.89. The second kappa shape index (κ2) is 8.20. The summed E-state index contributed by atoms with van der Waals surface area (Å²) in [5, 5.41) is 2.95. The molecule has 0 bridgehead atoms. The molecule has 0 unspecified atom stereocenters. The Morgan fingerprint density at radius 2 is 1.85 bits per heavy atom. The summed E-state index contributed by atoms with van der Waals surface area (Å²) in [6.45, 7) is 9.14. The Morgan fingerprint density at radius 3 is 2.41 bits per heavy atom. The fourth-order valence-corrected chi connectivity index (χ4v) is 3.21. The maximum absolute atomic E-state index is 12.7. The van der Waals surface area contributed by atoms with Gasteiger partial charge in [-0.1, -0.05) is 32.0 Å². The predicted octanol–water partition coefficient (Wildman–Crippen LogP) is 3.93. The lowest BCUT2D eigenvalue weighted by Gasteiger charge is -2.16. The van der Waals surface area contributed by atoms with E-state index < -0.39 is 5.97 Å². The van der Waals surface area contributed by atoms with E-state index in [2.05, 4.69) is 24.1 Å². The third-order valence-electron chi connectivity index (χ3n) is 4.60. The Kier molecular flexibility index (Phi) is 6.20. The minimum Gasteiger partial charge on any atom is -0.465 e. The number of anilines is 1. The molecule has 6 nitrogen and oxygen atoms in total. The van der Waals surface area contributed by atoms with Crippen molar-refractivity contribution >= 4 is 23.3 Å². The number of hydrogen-bond acceptors (Lipinski definition) is 4. The molecule has 1 aromatic heterocycles. The highest BCUT2D eigenvalue weighted by atomic mass is 16.5. The standard InChI is InChI=1S/C21H26N2O4/c1-11(2)15-9-7-8-12(3)19(15)23-17(25)10-16-18(21(26)27-6)13(4)20(22-16)14(5)24/h7-9,11,22H,10H2,1-6H3,(H,23,25). The van der Waals surface area contributed by atoms with E-state index in [1.165, 1.54) is 14.0 Å². The number of aromatic amines is 1. The van der Waals surface area contributed by atoms with Gasteiger partial charge in [0.15, 0.2) is 5.78 Å². The van der Waals surface area contributed by atoms with Crippen molar-refractivity contribution < 1.29 is 19.1 Å². The third kappa shape index (κ3) is 4.27. The fraction of sp³-hybridized carbons (Fsp3) is 0.381. The van der Waals surface area contributed by atoms with Crippen LogP contribution in [0.5, 0.6) is 0 Å². The first-order valence-electron chi connectivity index (χ1n) is 8.87. The number of carbonyl (C=O) groups excluding carboxylic acids is 3. The molecule has 0 spiro atoms. The second-order valence-electron chi connectivity index (χ2n) is 6.95. The van der Waals surface area contributed by atoms with Crippen LogP contribution in [0, 0.1) is 13.8 Å². The average molecular weight is 370 g/mol. The van der Waals surface area contributed by atoms with Crippen LogP contribution in [-0.2, 0) is 16.0 Å². The third-order valence-corrected chi connectivity index (χ3v) is 4.60. The minimum atomic E-state index is -0.571. The summed E-state index contributed by atoms with van der Waals surface area (Å²) >= 11 is 0. The van der Waals surface area contributed by atoms with E-state index >= 15 is 0 Å². The van der Waals surface area contributed by atoms with Crippen LogP contribution in [0.4, 0.5) is 5.69 Å². The molecular weight excluding hydrogens is 344 g/mol. The van der Waals surface area contributed by atoms with E-state index in [1.807, 2.05) is 25.1 Å². The number of H-pyrrole nitrogens is 1. The van der Waals surface area contributed by atoms with Gasteiger partial charge < -0.3 is 15.0 Å². The van der Waals surface area contributed by atoms with E-state index in [0.717, 1.165) is 16.8 Å². The minimum absolute atomic E-state index is 0.0651. The number of para-hydroxylation sites is 1. The molecular formula is C21H26N2O4. The summed E-state index contributed by atoms with van der Waals surface area (Å²) in [5.74, 6) is -0.793. The molecule has 0 aliphatic rings. The number of amides is 1. The van der Waals surface area contributed by atoms with E-state index in [0.29, 0.717) is 17.0 Å². The maximum atomic E-state index is 12.7. The first-order valence-corrected chi connectivity index (χ1v) is 8.87. The number of hydrogen-bond donors (Lipinski definition) is 2. The van der Waals surface area contributed by atoms with Crippen molar-refractivity contribution in [1.82, 2.24) is 4.98 Å². The zero-order chi connectivity index (χ0) is 20.3. The summed E-state index contributed by atoms with van der Waals surface area (Å²) in [7, 11) is 1.27. The zero-order valence-electron chi connectivity index (χ0n) is 16.6. The van der Waals surface area contributed by atoms with Gasteiger partial charge in [0.25, 0.3) is 0 Å². The van der Waals surface area contributed by atoms with Crippen molar-refractivity contribution in [2.45, 2.75) is 47.0 Å². The van der Waals surface area contributed by atoms with Gasteiger partial charge >= 0.3 is 5.97 Å². The maximum Gasteiger partial charge on any atom is 0.339 e. The molecule has 0 aliphatic heterocycles. The van der Waals surface area contributed by atoms with Gasteiger partial charge in [-0.3, -0.25) is 9.59 Å². The lowest BCUT2D eigenvalue weighted by Crippen LogP contribution is -2.19. The first kappa shape index (κ1) is 20.4. The largest absolute Gasteiger partial charge is 0.465 e. The summed E-state index contributed by atoms with van der Waals surface area (Å²) in [6, 6.07) is 5.89. The predicted molar refractivity (Wildman–Crippen MR) is 104 cm³/mol. The van der Waals surface area contributed by atoms with Crippen molar-refractivity contribution in [3.05, 3.63) is 51.8 Å². The van der Waals surface area contributed by atoms with Gasteiger partial charge in [0, 0.05) is 18.3 Å². The number of rotatable bonds is 6. The van der Waals surface area contributed by atoms with Crippen LogP contribution in [0.2, 0.25) is 0 Å². The second-order valence-corrected chi connectivity index (χ2v) is 6.95. The number of aromatic nitrogens is 1. The van der Waals surface area contributed by atoms with Crippen LogP contribution in [-0.4, -0.2) is 29.8 Å². The van der Waals surface area contributed by atoms with Crippen molar-refractivity contribution in [1.29, 1.82) is 0 Å². The number of nitrogens with one attached hydrogen (secondary N) is 2. The molecule has 144 valence electrons. The normalized spacial score (nSPS) is 10.8. The quantitative estimate of drug-likeness (QED) is 0.596. The average Bonchev–Trinajstić information content (AvgIpc) is 2.92. The van der Waals surface area contributed by atoms with Gasteiger partial charge in [0.1, 0.15) is 0 Å². The monoisotopic (exact) mass is 370 g/mol. The SMILES string of the molecule is COC(=O)c1c(CC(=O)Nc2c(C)cccc2C(C)C)[nH]c(C(C)=O)c1C. The van der Waals surface area contributed by atoms with Gasteiger partial charge in [-0.15, -0.1) is 0 Å². The summed E-state index contributed by atoms with van der Waals surface area (Å²) in [5.41, 5.74) is 4.23. The molecule has 1 heterocycles. The molecule has 0 atom stereocenters. The van der Waals surface area contributed by atoms with Crippen molar-refractivity contribution in [2.75, 3.05) is 12.4 Å². The number of carbonyl (C=O) groups is 3. The van der Waals surface area contributed by atoms with Crippen molar-refractivity contribution in [3.8, 4) is 0 Å². The van der Waals surface area contributed by atoms with E-state index in [4.69, 9.17) is 4.74 Å². The molecule has 0 aliphatic carbocycles. The first-order chi connectivity index (χ1) is 12.7. The van der Waals surface area contributed by atoms with E-state index in [-0.39, 0.29) is 29.6 Å². The highest BCUT2D eigenvalue weighted by Gasteiger charge is 2.24. The molecule has 2 N–H and O–H groups in total. The molecule has 27 heavy (non-hydrogen) atoms. The fourth-order valence-electron chi connectivity index (χ4n) is 3.21. The number of benzene rings is 1. The lowest BCUT2D eigenvalue weighted by atomic mass is 9.98. The van der Waals surface area contributed by atoms with Gasteiger partial charge in [-0.25, -0.2) is 4.79 Å². The Morgan fingerprint density at radius 1 is 1.19 bits per heavy atom. The van der Waals surface area contributed by atoms with Gasteiger partial charge in [0.05, 0.1) is 24.8 Å². The Labute approximate surface area is 159 Å². The number of ether oxygens (including phenoxy) is 1. The van der Waals surface area contributed by atoms with Crippen LogP contribution in [0.3, 0.4) is 0 Å². The highest BCUT2D eigenvalue weighted by molar-refractivity contribution is 6.02. The Balaban J connectivity index is 2.36. The number of aryl methyl sites for hydroxylation is 1.